The molecule has 0 aliphatic carbocycles. The zero-order valence-electron chi connectivity index (χ0n) is 14.5. The van der Waals surface area contributed by atoms with E-state index in [1.54, 1.807) is 0 Å². The highest BCUT2D eigenvalue weighted by molar-refractivity contribution is 5.44. The van der Waals surface area contributed by atoms with Crippen LogP contribution in [0.5, 0.6) is 0 Å². The van der Waals surface area contributed by atoms with Gasteiger partial charge in [0.1, 0.15) is 0 Å². The second kappa shape index (κ2) is 7.07. The first kappa shape index (κ1) is 15.8. The lowest BCUT2D eigenvalue weighted by Crippen LogP contribution is -2.46. The minimum absolute atomic E-state index is 0.918. The predicted octanol–water partition coefficient (Wildman–Crippen LogP) is 2.90. The Morgan fingerprint density at radius 2 is 1.68 bits per heavy atom. The molecule has 3 heterocycles. The van der Waals surface area contributed by atoms with Crippen LogP contribution < -0.4 is 4.90 Å². The number of aromatic nitrogens is 3. The van der Waals surface area contributed by atoms with Crippen molar-refractivity contribution in [1.29, 1.82) is 0 Å². The van der Waals surface area contributed by atoms with E-state index in [2.05, 4.69) is 67.7 Å². The SMILES string of the molecule is Cc1ccc(-n2ccnc2N2CCN(Cc3ccccn3)CC2)cc1. The van der Waals surface area contributed by atoms with Crippen molar-refractivity contribution in [3.05, 3.63) is 72.3 Å². The van der Waals surface area contributed by atoms with Gasteiger partial charge < -0.3 is 4.90 Å². The number of nitrogens with zero attached hydrogens (tertiary/aromatic N) is 5. The smallest absolute Gasteiger partial charge is 0.210 e. The average Bonchev–Trinajstić information content (AvgIpc) is 3.14. The van der Waals surface area contributed by atoms with E-state index in [-0.39, 0.29) is 0 Å². The number of rotatable bonds is 4. The topological polar surface area (TPSA) is 37.2 Å². The summed E-state index contributed by atoms with van der Waals surface area (Å²) >= 11 is 0. The fourth-order valence-electron chi connectivity index (χ4n) is 3.26. The Labute approximate surface area is 148 Å². The Morgan fingerprint density at radius 1 is 0.880 bits per heavy atom. The molecular formula is C20H23N5. The molecular weight excluding hydrogens is 310 g/mol. The molecule has 1 aliphatic heterocycles. The molecule has 5 nitrogen and oxygen atoms in total. The number of imidazole rings is 1. The van der Waals surface area contributed by atoms with E-state index >= 15 is 0 Å². The molecule has 1 fully saturated rings. The first-order valence-corrected chi connectivity index (χ1v) is 8.77. The Hall–Kier alpha value is -2.66. The third kappa shape index (κ3) is 3.56. The van der Waals surface area contributed by atoms with Crippen molar-refractivity contribution in [2.24, 2.45) is 0 Å². The van der Waals surface area contributed by atoms with Gasteiger partial charge in [0, 0.05) is 57.0 Å². The summed E-state index contributed by atoms with van der Waals surface area (Å²) in [5.41, 5.74) is 3.57. The molecule has 1 aromatic carbocycles. The second-order valence-electron chi connectivity index (χ2n) is 6.52. The summed E-state index contributed by atoms with van der Waals surface area (Å²) in [5.74, 6) is 1.03. The molecule has 2 aromatic heterocycles. The van der Waals surface area contributed by atoms with Crippen LogP contribution in [-0.2, 0) is 6.54 Å². The number of aryl methyl sites for hydroxylation is 1. The van der Waals surface area contributed by atoms with Crippen LogP contribution >= 0.6 is 0 Å². The Morgan fingerprint density at radius 3 is 2.40 bits per heavy atom. The molecule has 25 heavy (non-hydrogen) atoms. The lowest BCUT2D eigenvalue weighted by Gasteiger charge is -2.35. The van der Waals surface area contributed by atoms with Gasteiger partial charge in [0.05, 0.1) is 5.69 Å². The van der Waals surface area contributed by atoms with Crippen molar-refractivity contribution >= 4 is 5.95 Å². The highest BCUT2D eigenvalue weighted by Crippen LogP contribution is 2.20. The molecule has 3 aromatic rings. The van der Waals surface area contributed by atoms with E-state index in [1.807, 2.05) is 24.7 Å². The van der Waals surface area contributed by atoms with Gasteiger partial charge in [-0.3, -0.25) is 14.5 Å². The van der Waals surface area contributed by atoms with Crippen molar-refractivity contribution in [3.63, 3.8) is 0 Å². The van der Waals surface area contributed by atoms with Crippen LogP contribution in [0.15, 0.2) is 61.1 Å². The summed E-state index contributed by atoms with van der Waals surface area (Å²) in [6, 6.07) is 14.7. The van der Waals surface area contributed by atoms with Gasteiger partial charge in [-0.2, -0.15) is 0 Å². The maximum Gasteiger partial charge on any atom is 0.210 e. The zero-order chi connectivity index (χ0) is 17.1. The number of piperazine rings is 1. The van der Waals surface area contributed by atoms with Gasteiger partial charge in [-0.05, 0) is 31.2 Å². The maximum atomic E-state index is 4.61. The highest BCUT2D eigenvalue weighted by atomic mass is 15.4. The van der Waals surface area contributed by atoms with Gasteiger partial charge in [0.25, 0.3) is 0 Å². The van der Waals surface area contributed by atoms with Crippen molar-refractivity contribution < 1.29 is 0 Å². The van der Waals surface area contributed by atoms with E-state index in [0.29, 0.717) is 0 Å². The van der Waals surface area contributed by atoms with Gasteiger partial charge in [-0.15, -0.1) is 0 Å². The minimum atomic E-state index is 0.918. The van der Waals surface area contributed by atoms with Gasteiger partial charge in [-0.25, -0.2) is 4.98 Å². The van der Waals surface area contributed by atoms with Crippen LogP contribution in [0.3, 0.4) is 0 Å². The molecule has 1 saturated heterocycles. The lowest BCUT2D eigenvalue weighted by molar-refractivity contribution is 0.246. The van der Waals surface area contributed by atoms with Gasteiger partial charge in [0.2, 0.25) is 5.95 Å². The summed E-state index contributed by atoms with van der Waals surface area (Å²) in [5, 5.41) is 0. The minimum Gasteiger partial charge on any atom is -0.339 e. The van der Waals surface area contributed by atoms with Crippen LogP contribution in [0.25, 0.3) is 5.69 Å². The van der Waals surface area contributed by atoms with Crippen LogP contribution in [0.2, 0.25) is 0 Å². The third-order valence-corrected chi connectivity index (χ3v) is 4.70. The molecule has 1 aliphatic rings. The normalized spacial score (nSPS) is 15.5. The first-order chi connectivity index (χ1) is 12.3. The molecule has 128 valence electrons. The molecule has 0 saturated carbocycles. The number of anilines is 1. The van der Waals surface area contributed by atoms with E-state index in [4.69, 9.17) is 0 Å². The summed E-state index contributed by atoms with van der Waals surface area (Å²) in [7, 11) is 0. The van der Waals surface area contributed by atoms with Crippen molar-refractivity contribution in [3.8, 4) is 5.69 Å². The van der Waals surface area contributed by atoms with Crippen molar-refractivity contribution in [2.45, 2.75) is 13.5 Å². The zero-order valence-corrected chi connectivity index (χ0v) is 14.5. The van der Waals surface area contributed by atoms with Crippen molar-refractivity contribution in [2.75, 3.05) is 31.1 Å². The number of hydrogen-bond donors (Lipinski definition) is 0. The molecule has 0 unspecified atom stereocenters. The van der Waals surface area contributed by atoms with Crippen LogP contribution in [-0.4, -0.2) is 45.6 Å². The fourth-order valence-corrected chi connectivity index (χ4v) is 3.26. The first-order valence-electron chi connectivity index (χ1n) is 8.77. The molecule has 0 bridgehead atoms. The Balaban J connectivity index is 1.43. The summed E-state index contributed by atoms with van der Waals surface area (Å²) < 4.78 is 2.17. The average molecular weight is 333 g/mol. The monoisotopic (exact) mass is 333 g/mol. The summed E-state index contributed by atoms with van der Waals surface area (Å²) in [4.78, 5) is 13.9. The molecule has 0 atom stereocenters. The highest BCUT2D eigenvalue weighted by Gasteiger charge is 2.21. The van der Waals surface area contributed by atoms with E-state index in [9.17, 15) is 0 Å². The fraction of sp³-hybridized carbons (Fsp3) is 0.300. The molecule has 0 N–H and O–H groups in total. The summed E-state index contributed by atoms with van der Waals surface area (Å²) in [6.45, 7) is 7.04. The van der Waals surface area contributed by atoms with Crippen LogP contribution in [0.4, 0.5) is 5.95 Å². The summed E-state index contributed by atoms with van der Waals surface area (Å²) in [6.07, 6.45) is 5.79. The number of pyridine rings is 1. The lowest BCUT2D eigenvalue weighted by atomic mass is 10.2. The van der Waals surface area contributed by atoms with Crippen LogP contribution in [0.1, 0.15) is 11.3 Å². The molecule has 5 heteroatoms. The van der Waals surface area contributed by atoms with Gasteiger partial charge >= 0.3 is 0 Å². The third-order valence-electron chi connectivity index (χ3n) is 4.70. The largest absolute Gasteiger partial charge is 0.339 e. The number of benzene rings is 1. The second-order valence-corrected chi connectivity index (χ2v) is 6.52. The van der Waals surface area contributed by atoms with E-state index in [1.165, 1.54) is 5.56 Å². The predicted molar refractivity (Wildman–Crippen MR) is 100 cm³/mol. The molecule has 0 radical (unpaired) electrons. The quantitative estimate of drug-likeness (QED) is 0.736. The molecule has 0 amide bonds. The Bertz CT molecular complexity index is 802. The maximum absolute atomic E-state index is 4.61. The van der Waals surface area contributed by atoms with Crippen LogP contribution in [0, 0.1) is 6.92 Å². The molecule has 4 rings (SSSR count). The van der Waals surface area contributed by atoms with Gasteiger partial charge in [-0.1, -0.05) is 23.8 Å². The van der Waals surface area contributed by atoms with E-state index in [0.717, 1.165) is 50.1 Å². The molecule has 0 spiro atoms. The Kier molecular flexibility index (Phi) is 4.48. The van der Waals surface area contributed by atoms with Gasteiger partial charge in [0.15, 0.2) is 0 Å². The number of hydrogen-bond acceptors (Lipinski definition) is 4. The standard InChI is InChI=1S/C20H23N5/c1-17-5-7-19(8-6-17)25-11-10-22-20(25)24-14-12-23(13-15-24)16-18-4-2-3-9-21-18/h2-11H,12-16H2,1H3. The van der Waals surface area contributed by atoms with E-state index < -0.39 is 0 Å². The van der Waals surface area contributed by atoms with Crippen molar-refractivity contribution in [1.82, 2.24) is 19.4 Å².